The molecule has 0 saturated carbocycles. The highest BCUT2D eigenvalue weighted by Crippen LogP contribution is 2.31. The maximum Gasteiger partial charge on any atom is 0.227 e. The molecule has 2 nitrogen and oxygen atoms in total. The van der Waals surface area contributed by atoms with Crippen molar-refractivity contribution in [2.75, 3.05) is 16.8 Å². The van der Waals surface area contributed by atoms with Gasteiger partial charge in [-0.2, -0.15) is 0 Å². The molecule has 0 aliphatic carbocycles. The van der Waals surface area contributed by atoms with Gasteiger partial charge >= 0.3 is 0 Å². The first kappa shape index (κ1) is 12.6. The zero-order valence-electron chi connectivity index (χ0n) is 8.42. The van der Waals surface area contributed by atoms with Gasteiger partial charge in [0.05, 0.1) is 5.69 Å². The van der Waals surface area contributed by atoms with Crippen molar-refractivity contribution >= 4 is 61.7 Å². The van der Waals surface area contributed by atoms with E-state index in [1.165, 1.54) is 0 Å². The molecule has 0 aromatic heterocycles. The summed E-state index contributed by atoms with van der Waals surface area (Å²) in [5.74, 6) is 0.615. The Labute approximate surface area is 122 Å². The zero-order valence-corrected chi connectivity index (χ0v) is 12.9. The lowest BCUT2D eigenvalue weighted by atomic mass is 10.2. The van der Waals surface area contributed by atoms with Gasteiger partial charge in [0.25, 0.3) is 0 Å². The first-order valence-corrected chi connectivity index (χ1v) is 7.51. The van der Waals surface area contributed by atoms with Crippen LogP contribution in [0.5, 0.6) is 0 Å². The molecule has 1 atom stereocenters. The van der Waals surface area contributed by atoms with E-state index in [0.29, 0.717) is 17.4 Å². The van der Waals surface area contributed by atoms with Crippen molar-refractivity contribution in [3.8, 4) is 0 Å². The number of nitrogens with zero attached hydrogens (tertiary/aromatic N) is 1. The predicted molar refractivity (Wildman–Crippen MR) is 78.4 cm³/mol. The zero-order chi connectivity index (χ0) is 11.7. The van der Waals surface area contributed by atoms with Crippen LogP contribution in [0.1, 0.15) is 6.42 Å². The molecule has 16 heavy (non-hydrogen) atoms. The van der Waals surface area contributed by atoms with Crippen LogP contribution in [0.4, 0.5) is 5.69 Å². The Balaban J connectivity index is 2.28. The van der Waals surface area contributed by atoms with E-state index in [-0.39, 0.29) is 5.91 Å². The molecular weight excluding hydrogens is 404 g/mol. The molecule has 0 bridgehead atoms. The summed E-state index contributed by atoms with van der Waals surface area (Å²) in [6.07, 6.45) is 0.629. The van der Waals surface area contributed by atoms with E-state index in [1.54, 1.807) is 0 Å². The lowest BCUT2D eigenvalue weighted by Gasteiger charge is -2.18. The van der Waals surface area contributed by atoms with Crippen molar-refractivity contribution in [1.29, 1.82) is 0 Å². The van der Waals surface area contributed by atoms with Gasteiger partial charge in [0.1, 0.15) is 0 Å². The summed E-state index contributed by atoms with van der Waals surface area (Å²) in [6.45, 7) is 0.793. The van der Waals surface area contributed by atoms with Crippen LogP contribution in [0.3, 0.4) is 0 Å². The van der Waals surface area contributed by atoms with Crippen molar-refractivity contribution in [2.45, 2.75) is 6.42 Å². The standard InChI is InChI=1S/C11H10BrClINO/c12-5-7-3-11(16)15(6-7)10-2-1-8(13)4-9(10)14/h1-2,4,7H,3,5-6H2. The number of hydrogen-bond acceptors (Lipinski definition) is 1. The maximum atomic E-state index is 11.8. The van der Waals surface area contributed by atoms with Crippen molar-refractivity contribution in [3.05, 3.63) is 26.8 Å². The summed E-state index contributed by atoms with van der Waals surface area (Å²) in [4.78, 5) is 13.7. The molecule has 1 unspecified atom stereocenters. The van der Waals surface area contributed by atoms with Crippen LogP contribution in [-0.2, 0) is 4.79 Å². The molecular formula is C11H10BrClINO. The summed E-state index contributed by atoms with van der Waals surface area (Å²) in [6, 6.07) is 5.62. The number of amides is 1. The number of anilines is 1. The van der Waals surface area contributed by atoms with Gasteiger partial charge in [-0.15, -0.1) is 0 Å². The minimum atomic E-state index is 0.199. The molecule has 1 aliphatic rings. The summed E-state index contributed by atoms with van der Waals surface area (Å²) >= 11 is 11.5. The summed E-state index contributed by atoms with van der Waals surface area (Å²) in [7, 11) is 0. The Kier molecular flexibility index (Phi) is 4.13. The summed E-state index contributed by atoms with van der Waals surface area (Å²) in [5, 5.41) is 1.58. The fourth-order valence-electron chi connectivity index (χ4n) is 1.82. The van der Waals surface area contributed by atoms with E-state index >= 15 is 0 Å². The summed E-state index contributed by atoms with van der Waals surface area (Å²) < 4.78 is 1.02. The molecule has 1 aromatic rings. The number of rotatable bonds is 2. The van der Waals surface area contributed by atoms with E-state index in [9.17, 15) is 4.79 Å². The molecule has 2 rings (SSSR count). The topological polar surface area (TPSA) is 20.3 Å². The molecule has 1 aliphatic heterocycles. The number of alkyl halides is 1. The molecule has 1 saturated heterocycles. The third-order valence-corrected chi connectivity index (χ3v) is 4.64. The number of carbonyl (C=O) groups is 1. The third-order valence-electron chi connectivity index (χ3n) is 2.62. The van der Waals surface area contributed by atoms with Gasteiger partial charge in [-0.05, 0) is 46.7 Å². The lowest BCUT2D eigenvalue weighted by molar-refractivity contribution is -0.117. The van der Waals surface area contributed by atoms with E-state index in [0.717, 1.165) is 21.1 Å². The smallest absolute Gasteiger partial charge is 0.227 e. The minimum Gasteiger partial charge on any atom is -0.311 e. The fourth-order valence-corrected chi connectivity index (χ4v) is 3.41. The maximum absolute atomic E-state index is 11.8. The highest BCUT2D eigenvalue weighted by Gasteiger charge is 2.30. The monoisotopic (exact) mass is 413 g/mol. The Bertz CT molecular complexity index is 426. The second-order valence-corrected chi connectivity index (χ2v) is 6.07. The number of hydrogen-bond donors (Lipinski definition) is 0. The molecule has 1 amide bonds. The highest BCUT2D eigenvalue weighted by atomic mass is 127. The fraction of sp³-hybridized carbons (Fsp3) is 0.364. The van der Waals surface area contributed by atoms with Crippen LogP contribution >= 0.6 is 50.1 Å². The van der Waals surface area contributed by atoms with Crippen LogP contribution < -0.4 is 4.90 Å². The van der Waals surface area contributed by atoms with Crippen LogP contribution in [-0.4, -0.2) is 17.8 Å². The van der Waals surface area contributed by atoms with Crippen molar-refractivity contribution in [3.63, 3.8) is 0 Å². The van der Waals surface area contributed by atoms with Crippen LogP contribution in [0.15, 0.2) is 18.2 Å². The molecule has 86 valence electrons. The average molecular weight is 414 g/mol. The Morgan fingerprint density at radius 1 is 1.56 bits per heavy atom. The van der Waals surface area contributed by atoms with Gasteiger partial charge in [-0.3, -0.25) is 4.79 Å². The van der Waals surface area contributed by atoms with Gasteiger partial charge < -0.3 is 4.90 Å². The normalized spacial score (nSPS) is 20.6. The highest BCUT2D eigenvalue weighted by molar-refractivity contribution is 14.1. The number of benzene rings is 1. The molecule has 1 heterocycles. The van der Waals surface area contributed by atoms with Gasteiger partial charge in [-0.1, -0.05) is 27.5 Å². The average Bonchev–Trinajstić information content (AvgIpc) is 2.60. The SMILES string of the molecule is O=C1CC(CBr)CN1c1ccc(Cl)cc1I. The number of carbonyl (C=O) groups excluding carboxylic acids is 1. The molecule has 1 fully saturated rings. The Hall–Kier alpha value is 0.190. The minimum absolute atomic E-state index is 0.199. The van der Waals surface area contributed by atoms with Crippen LogP contribution in [0.2, 0.25) is 5.02 Å². The first-order chi connectivity index (χ1) is 7.61. The van der Waals surface area contributed by atoms with E-state index in [2.05, 4.69) is 38.5 Å². The molecule has 5 heteroatoms. The van der Waals surface area contributed by atoms with E-state index in [1.807, 2.05) is 23.1 Å². The van der Waals surface area contributed by atoms with E-state index < -0.39 is 0 Å². The van der Waals surface area contributed by atoms with E-state index in [4.69, 9.17) is 11.6 Å². The Morgan fingerprint density at radius 2 is 2.31 bits per heavy atom. The van der Waals surface area contributed by atoms with Crippen LogP contribution in [0.25, 0.3) is 0 Å². The molecule has 1 aromatic carbocycles. The lowest BCUT2D eigenvalue weighted by Crippen LogP contribution is -2.25. The van der Waals surface area contributed by atoms with Gasteiger partial charge in [0.15, 0.2) is 0 Å². The van der Waals surface area contributed by atoms with Gasteiger partial charge in [-0.25, -0.2) is 0 Å². The van der Waals surface area contributed by atoms with Crippen molar-refractivity contribution in [1.82, 2.24) is 0 Å². The third kappa shape index (κ3) is 2.54. The quantitative estimate of drug-likeness (QED) is 0.534. The number of halogens is 3. The van der Waals surface area contributed by atoms with Gasteiger partial charge in [0.2, 0.25) is 5.91 Å². The first-order valence-electron chi connectivity index (χ1n) is 4.93. The molecule has 0 spiro atoms. The predicted octanol–water partition coefficient (Wildman–Crippen LogP) is 3.69. The Morgan fingerprint density at radius 3 is 2.88 bits per heavy atom. The van der Waals surface area contributed by atoms with Crippen molar-refractivity contribution < 1.29 is 4.79 Å². The molecule has 0 radical (unpaired) electrons. The summed E-state index contributed by atoms with van der Waals surface area (Å²) in [5.41, 5.74) is 0.971. The largest absolute Gasteiger partial charge is 0.311 e. The van der Waals surface area contributed by atoms with Gasteiger partial charge in [0, 0.05) is 26.9 Å². The molecule has 0 N–H and O–H groups in total. The van der Waals surface area contributed by atoms with Crippen LogP contribution in [0, 0.1) is 9.49 Å². The second-order valence-electron chi connectivity index (χ2n) is 3.82. The van der Waals surface area contributed by atoms with Crippen molar-refractivity contribution in [2.24, 2.45) is 5.92 Å². The second kappa shape index (κ2) is 5.23.